The first kappa shape index (κ1) is 15.3. The smallest absolute Gasteiger partial charge is 0.231 e. The highest BCUT2D eigenvalue weighted by Crippen LogP contribution is 2.36. The van der Waals surface area contributed by atoms with Crippen LogP contribution in [0.5, 0.6) is 5.75 Å². The number of ether oxygens (including phenoxy) is 1. The van der Waals surface area contributed by atoms with E-state index in [2.05, 4.69) is 5.32 Å². The van der Waals surface area contributed by atoms with Crippen molar-refractivity contribution in [3.05, 3.63) is 24.3 Å². The van der Waals surface area contributed by atoms with Crippen molar-refractivity contribution >= 4 is 11.6 Å². The van der Waals surface area contributed by atoms with Crippen LogP contribution in [0.15, 0.2) is 24.3 Å². The van der Waals surface area contributed by atoms with Crippen LogP contribution in [0.1, 0.15) is 32.1 Å². The maximum Gasteiger partial charge on any atom is 0.231 e. The molecule has 5 heteroatoms. The quantitative estimate of drug-likeness (QED) is 0.870. The summed E-state index contributed by atoms with van der Waals surface area (Å²) in [5.41, 5.74) is 6.16. The molecular weight excluding hydrogens is 266 g/mol. The van der Waals surface area contributed by atoms with E-state index in [9.17, 15) is 4.79 Å². The summed E-state index contributed by atoms with van der Waals surface area (Å²) < 4.78 is 5.18. The third-order valence-corrected chi connectivity index (χ3v) is 4.10. The molecule has 0 spiro atoms. The number of nitrogens with one attached hydrogen (secondary N) is 1. The van der Waals surface area contributed by atoms with Crippen LogP contribution in [0.2, 0.25) is 0 Å². The predicted octanol–water partition coefficient (Wildman–Crippen LogP) is 2.44. The Kier molecular flexibility index (Phi) is 5.18. The second-order valence-electron chi connectivity index (χ2n) is 5.47. The van der Waals surface area contributed by atoms with Crippen molar-refractivity contribution in [2.75, 3.05) is 18.5 Å². The first-order valence-corrected chi connectivity index (χ1v) is 7.31. The van der Waals surface area contributed by atoms with Crippen LogP contribution < -0.4 is 15.8 Å². The Hall–Kier alpha value is -2.06. The molecule has 0 saturated heterocycles. The number of anilines is 1. The Morgan fingerprint density at radius 3 is 2.52 bits per heavy atom. The normalized spacial score (nSPS) is 16.8. The zero-order valence-electron chi connectivity index (χ0n) is 12.1. The number of amides is 1. The molecule has 0 heterocycles. The molecule has 112 valence electrons. The average Bonchev–Trinajstić information content (AvgIpc) is 2.54. The Morgan fingerprint density at radius 2 is 1.95 bits per heavy atom. The monoisotopic (exact) mass is 287 g/mol. The highest BCUT2D eigenvalue weighted by molar-refractivity contribution is 5.95. The van der Waals surface area contributed by atoms with Crippen molar-refractivity contribution in [3.63, 3.8) is 0 Å². The van der Waals surface area contributed by atoms with Gasteiger partial charge in [0.05, 0.1) is 5.41 Å². The van der Waals surface area contributed by atoms with Gasteiger partial charge in [0.2, 0.25) is 5.91 Å². The fraction of sp³-hybridized carbons (Fsp3) is 0.500. The van der Waals surface area contributed by atoms with Gasteiger partial charge >= 0.3 is 0 Å². The summed E-state index contributed by atoms with van der Waals surface area (Å²) in [4.78, 5) is 12.5. The lowest BCUT2D eigenvalue weighted by molar-refractivity contribution is -0.126. The Morgan fingerprint density at radius 1 is 1.29 bits per heavy atom. The van der Waals surface area contributed by atoms with Gasteiger partial charge in [0.25, 0.3) is 0 Å². The Bertz CT molecular complexity index is 513. The number of hydrogen-bond donors (Lipinski definition) is 2. The van der Waals surface area contributed by atoms with Crippen molar-refractivity contribution < 1.29 is 9.53 Å². The second kappa shape index (κ2) is 7.09. The molecule has 1 aromatic rings. The minimum Gasteiger partial charge on any atom is -0.479 e. The highest BCUT2D eigenvalue weighted by Gasteiger charge is 2.38. The van der Waals surface area contributed by atoms with E-state index < -0.39 is 5.41 Å². The van der Waals surface area contributed by atoms with Crippen molar-refractivity contribution in [1.29, 1.82) is 5.26 Å². The molecular formula is C16H21N3O2. The molecule has 0 atom stereocenters. The standard InChI is InChI=1S/C16H21N3O2/c17-10-11-21-14-6-4-13(5-7-14)19-15(20)16(12-18)8-2-1-3-9-16/h4-7H,1-3,8-9,11-12,18H2,(H,19,20). The summed E-state index contributed by atoms with van der Waals surface area (Å²) in [7, 11) is 0. The molecule has 1 saturated carbocycles. The lowest BCUT2D eigenvalue weighted by Gasteiger charge is -2.34. The molecule has 0 radical (unpaired) electrons. The average molecular weight is 287 g/mol. The Labute approximate surface area is 125 Å². The van der Waals surface area contributed by atoms with Gasteiger partial charge in [0, 0.05) is 12.2 Å². The van der Waals surface area contributed by atoms with Crippen LogP contribution in [-0.2, 0) is 4.79 Å². The number of hydrogen-bond acceptors (Lipinski definition) is 4. The van der Waals surface area contributed by atoms with Gasteiger partial charge in [-0.2, -0.15) is 5.26 Å². The number of benzene rings is 1. The lowest BCUT2D eigenvalue weighted by Crippen LogP contribution is -2.43. The minimum atomic E-state index is -0.422. The van der Waals surface area contributed by atoms with Crippen LogP contribution in [0.3, 0.4) is 0 Å². The van der Waals surface area contributed by atoms with Gasteiger partial charge in [-0.1, -0.05) is 19.3 Å². The molecule has 0 aliphatic heterocycles. The van der Waals surface area contributed by atoms with Gasteiger partial charge in [0.15, 0.2) is 6.61 Å². The number of nitrogens with two attached hydrogens (primary N) is 1. The van der Waals surface area contributed by atoms with E-state index in [1.54, 1.807) is 24.3 Å². The molecule has 0 unspecified atom stereocenters. The van der Waals surface area contributed by atoms with Gasteiger partial charge in [0.1, 0.15) is 11.8 Å². The van der Waals surface area contributed by atoms with E-state index in [0.717, 1.165) is 31.4 Å². The number of carbonyl (C=O) groups is 1. The van der Waals surface area contributed by atoms with Gasteiger partial charge < -0.3 is 15.8 Å². The van der Waals surface area contributed by atoms with Crippen molar-refractivity contribution in [1.82, 2.24) is 0 Å². The molecule has 2 rings (SSSR count). The first-order valence-electron chi connectivity index (χ1n) is 7.31. The summed E-state index contributed by atoms with van der Waals surface area (Å²) in [5, 5.41) is 11.4. The molecule has 21 heavy (non-hydrogen) atoms. The molecule has 0 aromatic heterocycles. The lowest BCUT2D eigenvalue weighted by atomic mass is 9.73. The second-order valence-corrected chi connectivity index (χ2v) is 5.47. The van der Waals surface area contributed by atoms with Crippen LogP contribution >= 0.6 is 0 Å². The molecule has 3 N–H and O–H groups in total. The third-order valence-electron chi connectivity index (χ3n) is 4.10. The zero-order valence-corrected chi connectivity index (χ0v) is 12.1. The summed E-state index contributed by atoms with van der Waals surface area (Å²) in [6.07, 6.45) is 5.02. The Balaban J connectivity index is 2.00. The highest BCUT2D eigenvalue weighted by atomic mass is 16.5. The number of nitrogens with zero attached hydrogens (tertiary/aromatic N) is 1. The fourth-order valence-corrected chi connectivity index (χ4v) is 2.77. The molecule has 1 aliphatic carbocycles. The van der Waals surface area contributed by atoms with E-state index >= 15 is 0 Å². The molecule has 1 aromatic carbocycles. The van der Waals surface area contributed by atoms with E-state index in [1.807, 2.05) is 6.07 Å². The SMILES string of the molecule is N#CCOc1ccc(NC(=O)C2(CN)CCCCC2)cc1. The summed E-state index contributed by atoms with van der Waals surface area (Å²) in [5.74, 6) is 0.621. The molecule has 1 aliphatic rings. The van der Waals surface area contributed by atoms with E-state index in [4.69, 9.17) is 15.7 Å². The number of carbonyl (C=O) groups excluding carboxylic acids is 1. The predicted molar refractivity (Wildman–Crippen MR) is 80.8 cm³/mol. The molecule has 0 bridgehead atoms. The fourth-order valence-electron chi connectivity index (χ4n) is 2.77. The van der Waals surface area contributed by atoms with Crippen molar-refractivity contribution in [2.24, 2.45) is 11.1 Å². The van der Waals surface area contributed by atoms with Gasteiger partial charge in [-0.3, -0.25) is 4.79 Å². The minimum absolute atomic E-state index is 0.00962. The van der Waals surface area contributed by atoms with Crippen LogP contribution in [0.4, 0.5) is 5.69 Å². The summed E-state index contributed by atoms with van der Waals surface area (Å²) >= 11 is 0. The first-order chi connectivity index (χ1) is 10.2. The van der Waals surface area contributed by atoms with E-state index in [-0.39, 0.29) is 12.5 Å². The molecule has 1 fully saturated rings. The van der Waals surface area contributed by atoms with Crippen LogP contribution in [0.25, 0.3) is 0 Å². The van der Waals surface area contributed by atoms with Gasteiger partial charge in [-0.25, -0.2) is 0 Å². The van der Waals surface area contributed by atoms with Crippen LogP contribution in [0, 0.1) is 16.7 Å². The van der Waals surface area contributed by atoms with E-state index in [0.29, 0.717) is 12.3 Å². The van der Waals surface area contributed by atoms with Crippen molar-refractivity contribution in [3.8, 4) is 11.8 Å². The summed E-state index contributed by atoms with van der Waals surface area (Å²) in [6.45, 7) is 0.407. The third kappa shape index (κ3) is 3.73. The van der Waals surface area contributed by atoms with Gasteiger partial charge in [-0.15, -0.1) is 0 Å². The molecule has 1 amide bonds. The molecule has 5 nitrogen and oxygen atoms in total. The maximum absolute atomic E-state index is 12.5. The number of nitriles is 1. The van der Waals surface area contributed by atoms with Crippen molar-refractivity contribution in [2.45, 2.75) is 32.1 Å². The number of rotatable bonds is 5. The largest absolute Gasteiger partial charge is 0.479 e. The van der Waals surface area contributed by atoms with Crippen LogP contribution in [-0.4, -0.2) is 19.1 Å². The summed E-state index contributed by atoms with van der Waals surface area (Å²) in [6, 6.07) is 8.94. The van der Waals surface area contributed by atoms with Gasteiger partial charge in [-0.05, 0) is 37.1 Å². The zero-order chi connectivity index (χ0) is 15.1. The van der Waals surface area contributed by atoms with E-state index in [1.165, 1.54) is 6.42 Å². The maximum atomic E-state index is 12.5. The topological polar surface area (TPSA) is 88.1 Å².